The van der Waals surface area contributed by atoms with Crippen LogP contribution in [0.25, 0.3) is 0 Å². The number of carbonyl (C=O) groups is 1. The first-order valence-electron chi connectivity index (χ1n) is 4.31. The third-order valence-electron chi connectivity index (χ3n) is 1.38. The van der Waals surface area contributed by atoms with Crippen LogP contribution < -0.4 is 10.9 Å². The van der Waals surface area contributed by atoms with E-state index in [0.717, 1.165) is 9.48 Å². The van der Waals surface area contributed by atoms with Gasteiger partial charge >= 0.3 is 6.09 Å². The number of amides is 1. The van der Waals surface area contributed by atoms with Crippen LogP contribution in [0.1, 0.15) is 20.8 Å². The number of ether oxygens (including phenoxy) is 1. The smallest absolute Gasteiger partial charge is 0.430 e. The molecule has 0 aliphatic carbocycles. The number of hydrogen-bond donors (Lipinski definition) is 1. The van der Waals surface area contributed by atoms with Gasteiger partial charge in [0, 0.05) is 9.85 Å². The maximum Gasteiger partial charge on any atom is 0.430 e. The van der Waals surface area contributed by atoms with Gasteiger partial charge < -0.3 is 4.74 Å². The molecule has 2 N–H and O–H groups in total. The first kappa shape index (κ1) is 12.5. The van der Waals surface area contributed by atoms with Crippen LogP contribution in [0.2, 0.25) is 0 Å². The molecule has 0 saturated carbocycles. The Hall–Kier alpha value is -0.590. The van der Waals surface area contributed by atoms with Gasteiger partial charge in [0.1, 0.15) is 10.6 Å². The molecule has 15 heavy (non-hydrogen) atoms. The summed E-state index contributed by atoms with van der Waals surface area (Å²) in [5.41, 5.74) is -0.538. The van der Waals surface area contributed by atoms with Crippen molar-refractivity contribution in [2.75, 3.05) is 5.01 Å². The average Bonchev–Trinajstić information content (AvgIpc) is 2.47. The number of nitrogens with zero attached hydrogens (tertiary/aromatic N) is 1. The molecule has 4 nitrogen and oxygen atoms in total. The van der Waals surface area contributed by atoms with Crippen molar-refractivity contribution in [2.24, 2.45) is 5.84 Å². The fraction of sp³-hybridized carbons (Fsp3) is 0.444. The van der Waals surface area contributed by atoms with Crippen LogP contribution in [0.3, 0.4) is 0 Å². The molecule has 0 spiro atoms. The quantitative estimate of drug-likeness (QED) is 0.491. The van der Waals surface area contributed by atoms with Crippen molar-refractivity contribution in [3.8, 4) is 0 Å². The highest BCUT2D eigenvalue weighted by Gasteiger charge is 2.21. The number of rotatable bonds is 1. The zero-order valence-corrected chi connectivity index (χ0v) is 11.2. The molecule has 1 amide bonds. The second kappa shape index (κ2) is 4.51. The van der Waals surface area contributed by atoms with Gasteiger partial charge in [0.2, 0.25) is 0 Å². The van der Waals surface area contributed by atoms with E-state index in [1.807, 2.05) is 5.38 Å². The van der Waals surface area contributed by atoms with Gasteiger partial charge in [-0.15, -0.1) is 11.3 Å². The van der Waals surface area contributed by atoms with Gasteiger partial charge in [0.25, 0.3) is 0 Å². The summed E-state index contributed by atoms with van der Waals surface area (Å²) < 4.78 is 6.01. The Morgan fingerprint density at radius 2 is 2.20 bits per heavy atom. The number of thiophene rings is 1. The topological polar surface area (TPSA) is 55.6 Å². The second-order valence-electron chi connectivity index (χ2n) is 3.95. The summed E-state index contributed by atoms with van der Waals surface area (Å²) in [5, 5.41) is 3.48. The Morgan fingerprint density at radius 1 is 1.60 bits per heavy atom. The molecule has 6 heteroatoms. The van der Waals surface area contributed by atoms with Crippen molar-refractivity contribution in [3.05, 3.63) is 15.9 Å². The molecule has 0 radical (unpaired) electrons. The SMILES string of the molecule is CC(C)(C)OC(=O)N(N)c1cc(Br)cs1. The highest BCUT2D eigenvalue weighted by atomic mass is 79.9. The van der Waals surface area contributed by atoms with E-state index in [1.54, 1.807) is 26.8 Å². The highest BCUT2D eigenvalue weighted by molar-refractivity contribution is 9.10. The lowest BCUT2D eigenvalue weighted by atomic mass is 10.2. The number of nitrogens with two attached hydrogens (primary N) is 1. The largest absolute Gasteiger partial charge is 0.442 e. The molecule has 1 aromatic rings. The van der Waals surface area contributed by atoms with E-state index in [2.05, 4.69) is 15.9 Å². The molecule has 1 rings (SSSR count). The number of hydrazine groups is 1. The molecule has 0 aliphatic rings. The van der Waals surface area contributed by atoms with E-state index >= 15 is 0 Å². The Balaban J connectivity index is 2.69. The molecular formula is C9H13BrN2O2S. The first-order valence-corrected chi connectivity index (χ1v) is 5.99. The van der Waals surface area contributed by atoms with E-state index < -0.39 is 11.7 Å². The van der Waals surface area contributed by atoms with Gasteiger partial charge in [-0.2, -0.15) is 0 Å². The average molecular weight is 293 g/mol. The summed E-state index contributed by atoms with van der Waals surface area (Å²) in [4.78, 5) is 11.5. The third-order valence-corrected chi connectivity index (χ3v) is 3.07. The normalized spacial score (nSPS) is 11.3. The zero-order chi connectivity index (χ0) is 11.6. The predicted octanol–water partition coefficient (Wildman–Crippen LogP) is 3.13. The summed E-state index contributed by atoms with van der Waals surface area (Å²) >= 11 is 4.65. The summed E-state index contributed by atoms with van der Waals surface area (Å²) in [6.45, 7) is 5.38. The molecule has 0 aromatic carbocycles. The first-order chi connectivity index (χ1) is 6.79. The molecule has 0 atom stereocenters. The maximum atomic E-state index is 11.5. The Bertz CT molecular complexity index is 359. The summed E-state index contributed by atoms with van der Waals surface area (Å²) in [5.74, 6) is 5.61. The minimum Gasteiger partial charge on any atom is -0.442 e. The molecule has 0 unspecified atom stereocenters. The molecule has 0 saturated heterocycles. The molecule has 84 valence electrons. The van der Waals surface area contributed by atoms with E-state index in [4.69, 9.17) is 10.6 Å². The highest BCUT2D eigenvalue weighted by Crippen LogP contribution is 2.27. The van der Waals surface area contributed by atoms with Gasteiger partial charge in [-0.3, -0.25) is 0 Å². The van der Waals surface area contributed by atoms with Crippen molar-refractivity contribution in [1.29, 1.82) is 0 Å². The van der Waals surface area contributed by atoms with Crippen LogP contribution in [0, 0.1) is 0 Å². The lowest BCUT2D eigenvalue weighted by Gasteiger charge is -2.23. The zero-order valence-electron chi connectivity index (χ0n) is 8.78. The van der Waals surface area contributed by atoms with Gasteiger partial charge in [-0.1, -0.05) is 0 Å². The van der Waals surface area contributed by atoms with Gasteiger partial charge in [-0.25, -0.2) is 15.6 Å². The Labute approximate surface area is 101 Å². The van der Waals surface area contributed by atoms with E-state index in [1.165, 1.54) is 11.3 Å². The van der Waals surface area contributed by atoms with Crippen LogP contribution >= 0.6 is 27.3 Å². The standard InChI is InChI=1S/C9H13BrN2O2S/c1-9(2,3)14-8(13)12(11)7-4-6(10)5-15-7/h4-5H,11H2,1-3H3. The van der Waals surface area contributed by atoms with E-state index in [9.17, 15) is 4.79 Å². The second-order valence-corrected chi connectivity index (χ2v) is 5.76. The van der Waals surface area contributed by atoms with Gasteiger partial charge in [0.05, 0.1) is 0 Å². The summed E-state index contributed by atoms with van der Waals surface area (Å²) in [6, 6.07) is 1.76. The van der Waals surface area contributed by atoms with Crippen LogP contribution in [0.15, 0.2) is 15.9 Å². The Kier molecular flexibility index (Phi) is 3.75. The monoisotopic (exact) mass is 292 g/mol. The van der Waals surface area contributed by atoms with E-state index in [0.29, 0.717) is 5.00 Å². The summed E-state index contributed by atoms with van der Waals surface area (Å²) in [6.07, 6.45) is -0.558. The lowest BCUT2D eigenvalue weighted by molar-refractivity contribution is 0.0581. The molecule has 0 fully saturated rings. The number of anilines is 1. The van der Waals surface area contributed by atoms with Crippen molar-refractivity contribution in [2.45, 2.75) is 26.4 Å². The van der Waals surface area contributed by atoms with Crippen molar-refractivity contribution in [1.82, 2.24) is 0 Å². The molecule has 1 aromatic heterocycles. The van der Waals surface area contributed by atoms with Crippen LogP contribution in [-0.4, -0.2) is 11.7 Å². The predicted molar refractivity (Wildman–Crippen MR) is 64.9 cm³/mol. The van der Waals surface area contributed by atoms with E-state index in [-0.39, 0.29) is 0 Å². The van der Waals surface area contributed by atoms with Crippen molar-refractivity contribution in [3.63, 3.8) is 0 Å². The Morgan fingerprint density at radius 3 is 2.60 bits per heavy atom. The third kappa shape index (κ3) is 3.81. The maximum absolute atomic E-state index is 11.5. The fourth-order valence-electron chi connectivity index (χ4n) is 0.830. The van der Waals surface area contributed by atoms with Crippen molar-refractivity contribution < 1.29 is 9.53 Å². The molecule has 0 bridgehead atoms. The van der Waals surface area contributed by atoms with Crippen molar-refractivity contribution >= 4 is 38.4 Å². The number of hydrogen-bond acceptors (Lipinski definition) is 4. The van der Waals surface area contributed by atoms with Crippen LogP contribution in [0.4, 0.5) is 9.80 Å². The fourth-order valence-corrected chi connectivity index (χ4v) is 2.16. The molecule has 0 aliphatic heterocycles. The number of halogens is 1. The molecular weight excluding hydrogens is 280 g/mol. The minimum absolute atomic E-state index is 0.538. The summed E-state index contributed by atoms with van der Waals surface area (Å²) in [7, 11) is 0. The van der Waals surface area contributed by atoms with Gasteiger partial charge in [0.15, 0.2) is 0 Å². The van der Waals surface area contributed by atoms with Gasteiger partial charge in [-0.05, 0) is 42.8 Å². The lowest BCUT2D eigenvalue weighted by Crippen LogP contribution is -2.41. The number of carbonyl (C=O) groups excluding carboxylic acids is 1. The van der Waals surface area contributed by atoms with Crippen LogP contribution in [-0.2, 0) is 4.74 Å². The van der Waals surface area contributed by atoms with Crippen LogP contribution in [0.5, 0.6) is 0 Å². The molecule has 1 heterocycles. The minimum atomic E-state index is -0.558.